The van der Waals surface area contributed by atoms with Crippen molar-refractivity contribution in [2.24, 2.45) is 0 Å². The molecule has 2 aromatic carbocycles. The Hall–Kier alpha value is -3.72. The number of likely N-dealkylation sites (tertiary alicyclic amines) is 1. The van der Waals surface area contributed by atoms with Gasteiger partial charge in [-0.05, 0) is 56.2 Å². The Morgan fingerprint density at radius 3 is 2.06 bits per heavy atom. The fourth-order valence-electron chi connectivity index (χ4n) is 4.17. The summed E-state index contributed by atoms with van der Waals surface area (Å²) in [6.07, 6.45) is 0.567. The average molecular weight is 500 g/mol. The van der Waals surface area contributed by atoms with Crippen LogP contribution < -0.4 is 18.9 Å². The van der Waals surface area contributed by atoms with Crippen molar-refractivity contribution in [1.82, 2.24) is 4.90 Å². The first-order valence-electron chi connectivity index (χ1n) is 11.6. The smallest absolute Gasteiger partial charge is 0.295 e. The largest absolute Gasteiger partial charge is 0.507 e. The minimum Gasteiger partial charge on any atom is -0.507 e. The first kappa shape index (κ1) is 26.9. The van der Waals surface area contributed by atoms with E-state index in [9.17, 15) is 14.7 Å². The third-order valence-electron chi connectivity index (χ3n) is 5.91. The molecular formula is C27H33NO8. The first-order valence-corrected chi connectivity index (χ1v) is 11.6. The fraction of sp³-hybridized carbons (Fsp3) is 0.407. The van der Waals surface area contributed by atoms with Crippen LogP contribution in [0.25, 0.3) is 5.76 Å². The topological polar surface area (TPSA) is 104 Å². The Kier molecular flexibility index (Phi) is 8.82. The molecule has 1 aliphatic rings. The molecule has 0 aliphatic carbocycles. The van der Waals surface area contributed by atoms with Crippen LogP contribution in [0.2, 0.25) is 0 Å². The molecule has 36 heavy (non-hydrogen) atoms. The van der Waals surface area contributed by atoms with Crippen LogP contribution in [0.3, 0.4) is 0 Å². The van der Waals surface area contributed by atoms with Gasteiger partial charge in [0.1, 0.15) is 5.76 Å². The molecule has 1 amide bonds. The van der Waals surface area contributed by atoms with Crippen molar-refractivity contribution < 1.29 is 38.4 Å². The zero-order valence-electron chi connectivity index (χ0n) is 21.5. The van der Waals surface area contributed by atoms with Crippen molar-refractivity contribution in [3.05, 3.63) is 53.1 Å². The lowest BCUT2D eigenvalue weighted by Crippen LogP contribution is -2.31. The second-order valence-electron chi connectivity index (χ2n) is 8.45. The number of nitrogens with zero attached hydrogens (tertiary/aromatic N) is 1. The monoisotopic (exact) mass is 499 g/mol. The van der Waals surface area contributed by atoms with Crippen LogP contribution in [0.4, 0.5) is 0 Å². The summed E-state index contributed by atoms with van der Waals surface area (Å²) in [6.45, 7) is 4.55. The number of ether oxygens (including phenoxy) is 5. The van der Waals surface area contributed by atoms with E-state index in [0.717, 1.165) is 0 Å². The van der Waals surface area contributed by atoms with Crippen LogP contribution in [0.1, 0.15) is 37.4 Å². The number of amides is 1. The van der Waals surface area contributed by atoms with Gasteiger partial charge in [0.15, 0.2) is 23.0 Å². The molecule has 0 spiro atoms. The maximum atomic E-state index is 13.3. The van der Waals surface area contributed by atoms with E-state index in [2.05, 4.69) is 0 Å². The molecule has 1 heterocycles. The highest BCUT2D eigenvalue weighted by atomic mass is 16.5. The predicted molar refractivity (Wildman–Crippen MR) is 134 cm³/mol. The van der Waals surface area contributed by atoms with E-state index >= 15 is 0 Å². The summed E-state index contributed by atoms with van der Waals surface area (Å²) in [6, 6.07) is 9.10. The molecule has 1 aliphatic heterocycles. The Morgan fingerprint density at radius 1 is 0.889 bits per heavy atom. The van der Waals surface area contributed by atoms with Crippen LogP contribution in [-0.2, 0) is 14.3 Å². The lowest BCUT2D eigenvalue weighted by Gasteiger charge is -2.26. The van der Waals surface area contributed by atoms with Crippen LogP contribution in [0.15, 0.2) is 42.0 Å². The molecule has 1 fully saturated rings. The van der Waals surface area contributed by atoms with Crippen LogP contribution in [0, 0.1) is 0 Å². The molecule has 9 heteroatoms. The van der Waals surface area contributed by atoms with Gasteiger partial charge in [-0.25, -0.2) is 0 Å². The minimum absolute atomic E-state index is 0.0239. The number of methoxy groups -OCH3 is 4. The molecule has 194 valence electrons. The molecule has 0 aromatic heterocycles. The van der Waals surface area contributed by atoms with Crippen LogP contribution in [-0.4, -0.2) is 69.4 Å². The SMILES string of the molecule is COc1ccc(/C(O)=C2/C(=O)C(=O)N(CCCOC(C)C)C2c2ccc(OC)c(OC)c2)cc1OC. The van der Waals surface area contributed by atoms with Gasteiger partial charge in [0, 0.05) is 18.7 Å². The Morgan fingerprint density at radius 2 is 1.47 bits per heavy atom. The normalized spacial score (nSPS) is 17.0. The summed E-state index contributed by atoms with van der Waals surface area (Å²) in [7, 11) is 6.01. The number of ketones is 1. The van der Waals surface area contributed by atoms with Gasteiger partial charge in [0.2, 0.25) is 0 Å². The van der Waals surface area contributed by atoms with Gasteiger partial charge in [-0.1, -0.05) is 6.07 Å². The van der Waals surface area contributed by atoms with E-state index in [0.29, 0.717) is 47.2 Å². The van der Waals surface area contributed by atoms with E-state index < -0.39 is 17.7 Å². The second-order valence-corrected chi connectivity index (χ2v) is 8.45. The van der Waals surface area contributed by atoms with Crippen molar-refractivity contribution in [3.8, 4) is 23.0 Å². The molecule has 1 saturated heterocycles. The number of carbonyl (C=O) groups is 2. The van der Waals surface area contributed by atoms with E-state index in [1.54, 1.807) is 36.4 Å². The summed E-state index contributed by atoms with van der Waals surface area (Å²) in [5.41, 5.74) is 0.891. The Balaban J connectivity index is 2.13. The van der Waals surface area contributed by atoms with Crippen molar-refractivity contribution in [3.63, 3.8) is 0 Å². The summed E-state index contributed by atoms with van der Waals surface area (Å²) < 4.78 is 27.0. The molecule has 0 radical (unpaired) electrons. The highest BCUT2D eigenvalue weighted by molar-refractivity contribution is 6.46. The van der Waals surface area contributed by atoms with Gasteiger partial charge in [-0.15, -0.1) is 0 Å². The first-order chi connectivity index (χ1) is 17.3. The molecule has 0 saturated carbocycles. The minimum atomic E-state index is -0.836. The standard InChI is InChI=1S/C27H33NO8/c1-16(2)36-13-7-12-28-24(17-8-10-19(32-3)21(14-17)34-5)23(26(30)27(28)31)25(29)18-9-11-20(33-4)22(15-18)35-6/h8-11,14-16,24,29H,7,12-13H2,1-6H3/b25-23-. The van der Waals surface area contributed by atoms with Gasteiger partial charge >= 0.3 is 0 Å². The molecule has 3 rings (SSSR count). The number of hydrogen-bond acceptors (Lipinski definition) is 8. The van der Waals surface area contributed by atoms with E-state index in [1.165, 1.54) is 33.3 Å². The van der Waals surface area contributed by atoms with Gasteiger partial charge in [0.25, 0.3) is 11.7 Å². The number of Topliss-reactive ketones (excluding diaryl/α,β-unsaturated/α-hetero) is 1. The number of rotatable bonds is 11. The molecular weight excluding hydrogens is 466 g/mol. The summed E-state index contributed by atoms with van der Waals surface area (Å²) in [5, 5.41) is 11.3. The summed E-state index contributed by atoms with van der Waals surface area (Å²) in [5.74, 6) is 0.0156. The van der Waals surface area contributed by atoms with Gasteiger partial charge < -0.3 is 33.7 Å². The molecule has 0 bridgehead atoms. The van der Waals surface area contributed by atoms with Crippen molar-refractivity contribution >= 4 is 17.4 Å². The third kappa shape index (κ3) is 5.41. The summed E-state index contributed by atoms with van der Waals surface area (Å²) >= 11 is 0. The highest BCUT2D eigenvalue weighted by Crippen LogP contribution is 2.42. The number of benzene rings is 2. The van der Waals surface area contributed by atoms with Gasteiger partial charge in [0.05, 0.1) is 46.2 Å². The molecule has 1 atom stereocenters. The predicted octanol–water partition coefficient (Wildman–Crippen LogP) is 3.96. The third-order valence-corrected chi connectivity index (χ3v) is 5.91. The van der Waals surface area contributed by atoms with Gasteiger partial charge in [-0.2, -0.15) is 0 Å². The molecule has 9 nitrogen and oxygen atoms in total. The zero-order chi connectivity index (χ0) is 26.4. The average Bonchev–Trinajstić information content (AvgIpc) is 3.14. The molecule has 2 aromatic rings. The number of hydrogen-bond donors (Lipinski definition) is 1. The van der Waals surface area contributed by atoms with E-state index in [-0.39, 0.29) is 24.0 Å². The molecule has 1 unspecified atom stereocenters. The second kappa shape index (κ2) is 11.8. The number of carbonyl (C=O) groups excluding carboxylic acids is 2. The number of aliphatic hydroxyl groups is 1. The van der Waals surface area contributed by atoms with Crippen LogP contribution >= 0.6 is 0 Å². The lowest BCUT2D eigenvalue weighted by atomic mass is 9.94. The fourth-order valence-corrected chi connectivity index (χ4v) is 4.17. The Bertz CT molecular complexity index is 1140. The van der Waals surface area contributed by atoms with E-state index in [4.69, 9.17) is 23.7 Å². The highest BCUT2D eigenvalue weighted by Gasteiger charge is 2.46. The maximum absolute atomic E-state index is 13.3. The Labute approximate surface area is 211 Å². The quantitative estimate of drug-likeness (QED) is 0.215. The van der Waals surface area contributed by atoms with Crippen molar-refractivity contribution in [1.29, 1.82) is 0 Å². The maximum Gasteiger partial charge on any atom is 0.295 e. The van der Waals surface area contributed by atoms with Crippen LogP contribution in [0.5, 0.6) is 23.0 Å². The number of aliphatic hydroxyl groups excluding tert-OH is 1. The lowest BCUT2D eigenvalue weighted by molar-refractivity contribution is -0.140. The zero-order valence-corrected chi connectivity index (χ0v) is 21.5. The van der Waals surface area contributed by atoms with Gasteiger partial charge in [-0.3, -0.25) is 9.59 Å². The van der Waals surface area contributed by atoms with E-state index in [1.807, 2.05) is 13.8 Å². The summed E-state index contributed by atoms with van der Waals surface area (Å²) in [4.78, 5) is 27.9. The van der Waals surface area contributed by atoms with Crippen molar-refractivity contribution in [2.75, 3.05) is 41.6 Å². The van der Waals surface area contributed by atoms with Crippen molar-refractivity contribution in [2.45, 2.75) is 32.4 Å². The molecule has 1 N–H and O–H groups in total.